The van der Waals surface area contributed by atoms with Gasteiger partial charge in [-0.3, -0.25) is 0 Å². The van der Waals surface area contributed by atoms with Gasteiger partial charge in [0.05, 0.1) is 12.2 Å². The number of esters is 1. The van der Waals surface area contributed by atoms with Crippen molar-refractivity contribution in [2.24, 2.45) is 0 Å². The largest absolute Gasteiger partial charge is 0.462 e. The number of nitrogens with one attached hydrogen (secondary N) is 1. The van der Waals surface area contributed by atoms with E-state index in [4.69, 9.17) is 10.5 Å². The molecule has 21 heavy (non-hydrogen) atoms. The third-order valence-electron chi connectivity index (χ3n) is 3.03. The van der Waals surface area contributed by atoms with Crippen LogP contribution in [-0.4, -0.2) is 18.6 Å². The maximum Gasteiger partial charge on any atom is 0.340 e. The number of carbonyl (C=O) groups is 1. The predicted octanol–water partition coefficient (Wildman–Crippen LogP) is 3.55. The fourth-order valence-corrected chi connectivity index (χ4v) is 2.95. The van der Waals surface area contributed by atoms with Crippen molar-refractivity contribution in [2.45, 2.75) is 26.3 Å². The van der Waals surface area contributed by atoms with E-state index in [1.165, 1.54) is 4.88 Å². The van der Waals surface area contributed by atoms with Crippen LogP contribution < -0.4 is 11.1 Å². The third kappa shape index (κ3) is 4.23. The number of nitrogen functional groups attached to an aromatic ring is 1. The molecule has 1 aromatic carbocycles. The van der Waals surface area contributed by atoms with E-state index in [1.807, 2.05) is 12.1 Å². The van der Waals surface area contributed by atoms with Gasteiger partial charge in [-0.1, -0.05) is 6.07 Å². The second-order valence-electron chi connectivity index (χ2n) is 4.85. The summed E-state index contributed by atoms with van der Waals surface area (Å²) in [6.45, 7) is 4.22. The Labute approximate surface area is 128 Å². The Hall–Kier alpha value is -2.01. The van der Waals surface area contributed by atoms with Gasteiger partial charge in [0, 0.05) is 28.7 Å². The summed E-state index contributed by atoms with van der Waals surface area (Å²) in [5.74, 6) is -0.351. The number of hydrogen-bond donors (Lipinski definition) is 2. The molecule has 0 radical (unpaired) electrons. The number of anilines is 2. The van der Waals surface area contributed by atoms with Crippen LogP contribution in [0, 0.1) is 0 Å². The smallest absolute Gasteiger partial charge is 0.340 e. The number of rotatable bonds is 6. The average Bonchev–Trinajstić information content (AvgIpc) is 2.93. The molecule has 0 amide bonds. The molecule has 1 aromatic heterocycles. The minimum absolute atomic E-state index is 0.209. The van der Waals surface area contributed by atoms with Crippen LogP contribution >= 0.6 is 11.3 Å². The molecule has 0 aliphatic rings. The Morgan fingerprint density at radius 2 is 2.24 bits per heavy atom. The van der Waals surface area contributed by atoms with Crippen molar-refractivity contribution in [2.75, 3.05) is 17.7 Å². The Morgan fingerprint density at radius 1 is 1.43 bits per heavy atom. The highest BCUT2D eigenvalue weighted by Gasteiger charge is 2.15. The Morgan fingerprint density at radius 3 is 2.90 bits per heavy atom. The average molecular weight is 304 g/mol. The number of nitrogens with two attached hydrogens (primary N) is 1. The maximum absolute atomic E-state index is 12.0. The molecular formula is C16H20N2O2S. The van der Waals surface area contributed by atoms with Gasteiger partial charge in [0.15, 0.2) is 0 Å². The van der Waals surface area contributed by atoms with Gasteiger partial charge in [0.25, 0.3) is 0 Å². The molecular weight excluding hydrogens is 284 g/mol. The Bertz CT molecular complexity index is 596. The summed E-state index contributed by atoms with van der Waals surface area (Å²) in [4.78, 5) is 13.3. The second-order valence-corrected chi connectivity index (χ2v) is 5.89. The molecule has 1 heterocycles. The van der Waals surface area contributed by atoms with Crippen LogP contribution in [-0.2, 0) is 11.2 Å². The number of ether oxygens (including phenoxy) is 1. The van der Waals surface area contributed by atoms with E-state index >= 15 is 0 Å². The summed E-state index contributed by atoms with van der Waals surface area (Å²) < 4.78 is 5.08. The monoisotopic (exact) mass is 304 g/mol. The summed E-state index contributed by atoms with van der Waals surface area (Å²) >= 11 is 1.73. The van der Waals surface area contributed by atoms with Crippen LogP contribution in [0.3, 0.4) is 0 Å². The van der Waals surface area contributed by atoms with Crippen LogP contribution in [0.5, 0.6) is 0 Å². The molecule has 112 valence electrons. The lowest BCUT2D eigenvalue weighted by Crippen LogP contribution is -2.20. The maximum atomic E-state index is 12.0. The summed E-state index contributed by atoms with van der Waals surface area (Å²) in [7, 11) is 0. The lowest BCUT2D eigenvalue weighted by atomic mass is 10.1. The first-order valence-electron chi connectivity index (χ1n) is 6.95. The first-order chi connectivity index (χ1) is 10.1. The second kappa shape index (κ2) is 7.13. The van der Waals surface area contributed by atoms with Crippen molar-refractivity contribution in [3.05, 3.63) is 46.2 Å². The first-order valence-corrected chi connectivity index (χ1v) is 7.83. The molecule has 0 saturated heterocycles. The van der Waals surface area contributed by atoms with Crippen molar-refractivity contribution in [3.63, 3.8) is 0 Å². The van der Waals surface area contributed by atoms with Gasteiger partial charge in [0.2, 0.25) is 0 Å². The fraction of sp³-hybridized carbons (Fsp3) is 0.312. The van der Waals surface area contributed by atoms with Crippen LogP contribution in [0.25, 0.3) is 0 Å². The molecule has 0 saturated carbocycles. The van der Waals surface area contributed by atoms with Gasteiger partial charge < -0.3 is 15.8 Å². The highest BCUT2D eigenvalue weighted by Crippen LogP contribution is 2.22. The third-order valence-corrected chi connectivity index (χ3v) is 3.93. The Balaban J connectivity index is 2.13. The Kier molecular flexibility index (Phi) is 5.22. The summed E-state index contributed by atoms with van der Waals surface area (Å²) in [5.41, 5.74) is 7.56. The van der Waals surface area contributed by atoms with E-state index in [-0.39, 0.29) is 12.0 Å². The van der Waals surface area contributed by atoms with Crippen LogP contribution in [0.15, 0.2) is 35.7 Å². The summed E-state index contributed by atoms with van der Waals surface area (Å²) in [6.07, 6.45) is 0.907. The van der Waals surface area contributed by atoms with Crippen molar-refractivity contribution in [1.82, 2.24) is 0 Å². The van der Waals surface area contributed by atoms with E-state index in [1.54, 1.807) is 30.4 Å². The predicted molar refractivity (Wildman–Crippen MR) is 87.9 cm³/mol. The minimum atomic E-state index is -0.351. The highest BCUT2D eigenvalue weighted by atomic mass is 32.1. The highest BCUT2D eigenvalue weighted by molar-refractivity contribution is 7.09. The summed E-state index contributed by atoms with van der Waals surface area (Å²) in [6, 6.07) is 9.62. The SMILES string of the molecule is CCOC(=O)c1cc(N)ccc1NC(C)Cc1cccs1. The van der Waals surface area contributed by atoms with Gasteiger partial charge in [-0.15, -0.1) is 11.3 Å². The van der Waals surface area contributed by atoms with E-state index in [0.717, 1.165) is 12.1 Å². The first kappa shape index (κ1) is 15.4. The number of benzene rings is 1. The molecule has 1 unspecified atom stereocenters. The van der Waals surface area contributed by atoms with Crippen molar-refractivity contribution < 1.29 is 9.53 Å². The molecule has 0 bridgehead atoms. The lowest BCUT2D eigenvalue weighted by Gasteiger charge is -2.17. The molecule has 4 nitrogen and oxygen atoms in total. The van der Waals surface area contributed by atoms with Crippen molar-refractivity contribution >= 4 is 28.7 Å². The number of thiophene rings is 1. The normalized spacial score (nSPS) is 11.9. The zero-order valence-corrected chi connectivity index (χ0v) is 13.1. The summed E-state index contributed by atoms with van der Waals surface area (Å²) in [5, 5.41) is 5.43. The van der Waals surface area contributed by atoms with Crippen LogP contribution in [0.4, 0.5) is 11.4 Å². The molecule has 2 aromatic rings. The van der Waals surface area contributed by atoms with E-state index in [9.17, 15) is 4.79 Å². The molecule has 0 fully saturated rings. The topological polar surface area (TPSA) is 64.3 Å². The van der Waals surface area contributed by atoms with E-state index < -0.39 is 0 Å². The lowest BCUT2D eigenvalue weighted by molar-refractivity contribution is 0.0527. The van der Waals surface area contributed by atoms with Gasteiger partial charge in [-0.05, 0) is 43.5 Å². The van der Waals surface area contributed by atoms with Gasteiger partial charge in [-0.25, -0.2) is 4.79 Å². The zero-order valence-electron chi connectivity index (χ0n) is 12.3. The number of carbonyl (C=O) groups excluding carboxylic acids is 1. The van der Waals surface area contributed by atoms with Crippen LogP contribution in [0.1, 0.15) is 29.1 Å². The molecule has 2 rings (SSSR count). The van der Waals surface area contributed by atoms with Gasteiger partial charge >= 0.3 is 5.97 Å². The van der Waals surface area contributed by atoms with Gasteiger partial charge in [0.1, 0.15) is 0 Å². The molecule has 3 N–H and O–H groups in total. The quantitative estimate of drug-likeness (QED) is 0.633. The molecule has 5 heteroatoms. The molecule has 0 spiro atoms. The minimum Gasteiger partial charge on any atom is -0.462 e. The standard InChI is InChI=1S/C16H20N2O2S/c1-3-20-16(19)14-10-12(17)6-7-15(14)18-11(2)9-13-5-4-8-21-13/h4-8,10-11,18H,3,9,17H2,1-2H3. The zero-order chi connectivity index (χ0) is 15.2. The molecule has 1 atom stereocenters. The van der Waals surface area contributed by atoms with Crippen molar-refractivity contribution in [1.29, 1.82) is 0 Å². The van der Waals surface area contributed by atoms with Crippen LogP contribution in [0.2, 0.25) is 0 Å². The molecule has 0 aliphatic carbocycles. The van der Waals surface area contributed by atoms with E-state index in [0.29, 0.717) is 17.9 Å². The van der Waals surface area contributed by atoms with E-state index in [2.05, 4.69) is 23.7 Å². The van der Waals surface area contributed by atoms with Crippen molar-refractivity contribution in [3.8, 4) is 0 Å². The number of hydrogen-bond acceptors (Lipinski definition) is 5. The fourth-order valence-electron chi connectivity index (χ4n) is 2.11. The van der Waals surface area contributed by atoms with Gasteiger partial charge in [-0.2, -0.15) is 0 Å². The molecule has 0 aliphatic heterocycles.